The first kappa shape index (κ1) is 13.8. The number of benzene rings is 2. The molecule has 0 aliphatic heterocycles. The number of aliphatic hydroxyl groups excluding tert-OH is 1. The van der Waals surface area contributed by atoms with Gasteiger partial charge in [0.25, 0.3) is 0 Å². The number of para-hydroxylation sites is 1. The average molecular weight is 300 g/mol. The van der Waals surface area contributed by atoms with Gasteiger partial charge in [-0.15, -0.1) is 5.10 Å². The molecule has 0 fully saturated rings. The Morgan fingerprint density at radius 2 is 1.86 bits per heavy atom. The molecule has 1 aromatic heterocycles. The molecule has 0 saturated carbocycles. The fourth-order valence-corrected chi connectivity index (χ4v) is 2.46. The third-order valence-corrected chi connectivity index (χ3v) is 3.87. The maximum atomic E-state index is 10.7. The van der Waals surface area contributed by atoms with Crippen molar-refractivity contribution >= 4 is 11.6 Å². The van der Waals surface area contributed by atoms with Gasteiger partial charge in [-0.3, -0.25) is 0 Å². The van der Waals surface area contributed by atoms with Crippen LogP contribution in [0.5, 0.6) is 0 Å². The molecular formula is C16H14ClN3O. The molecule has 5 heteroatoms. The highest BCUT2D eigenvalue weighted by atomic mass is 35.5. The van der Waals surface area contributed by atoms with Crippen LogP contribution in [0.1, 0.15) is 22.9 Å². The number of halogens is 1. The normalized spacial score (nSPS) is 12.3. The van der Waals surface area contributed by atoms with Gasteiger partial charge in [-0.25, -0.2) is 4.68 Å². The molecule has 1 N–H and O–H groups in total. The smallest absolute Gasteiger partial charge is 0.123 e. The van der Waals surface area contributed by atoms with Gasteiger partial charge in [0.05, 0.1) is 17.6 Å². The van der Waals surface area contributed by atoms with E-state index in [4.69, 9.17) is 11.6 Å². The van der Waals surface area contributed by atoms with E-state index in [1.807, 2.05) is 49.4 Å². The predicted molar refractivity (Wildman–Crippen MR) is 81.6 cm³/mol. The topological polar surface area (TPSA) is 50.9 Å². The van der Waals surface area contributed by atoms with Crippen molar-refractivity contribution < 1.29 is 5.11 Å². The quantitative estimate of drug-likeness (QED) is 0.807. The Morgan fingerprint density at radius 3 is 2.62 bits per heavy atom. The van der Waals surface area contributed by atoms with Crippen LogP contribution in [0.25, 0.3) is 5.69 Å². The molecule has 0 radical (unpaired) electrons. The zero-order chi connectivity index (χ0) is 14.8. The SMILES string of the molecule is Cc1c(Cl)cccc1C(O)c1cnnn1-c1ccccc1. The Kier molecular flexibility index (Phi) is 3.73. The fourth-order valence-electron chi connectivity index (χ4n) is 2.28. The highest BCUT2D eigenvalue weighted by Gasteiger charge is 2.19. The van der Waals surface area contributed by atoms with Crippen molar-refractivity contribution in [2.75, 3.05) is 0 Å². The summed E-state index contributed by atoms with van der Waals surface area (Å²) in [5, 5.41) is 19.3. The number of hydrogen-bond acceptors (Lipinski definition) is 3. The minimum atomic E-state index is -0.834. The van der Waals surface area contributed by atoms with Gasteiger partial charge >= 0.3 is 0 Å². The predicted octanol–water partition coefficient (Wildman–Crippen LogP) is 3.31. The summed E-state index contributed by atoms with van der Waals surface area (Å²) in [6.45, 7) is 1.89. The lowest BCUT2D eigenvalue weighted by molar-refractivity contribution is 0.211. The van der Waals surface area contributed by atoms with Crippen LogP contribution in [0.3, 0.4) is 0 Å². The van der Waals surface area contributed by atoms with E-state index in [9.17, 15) is 5.11 Å². The molecule has 0 amide bonds. The molecule has 3 aromatic rings. The highest BCUT2D eigenvalue weighted by molar-refractivity contribution is 6.31. The van der Waals surface area contributed by atoms with Gasteiger partial charge in [-0.05, 0) is 36.2 Å². The number of rotatable bonds is 3. The minimum Gasteiger partial charge on any atom is -0.382 e. The van der Waals surface area contributed by atoms with Crippen LogP contribution in [0.4, 0.5) is 0 Å². The van der Waals surface area contributed by atoms with Crippen LogP contribution in [0.2, 0.25) is 5.02 Å². The lowest BCUT2D eigenvalue weighted by Gasteiger charge is -2.15. The molecular weight excluding hydrogens is 286 g/mol. The summed E-state index contributed by atoms with van der Waals surface area (Å²) in [6.07, 6.45) is 0.733. The monoisotopic (exact) mass is 299 g/mol. The summed E-state index contributed by atoms with van der Waals surface area (Å²) >= 11 is 6.13. The molecule has 0 saturated heterocycles. The highest BCUT2D eigenvalue weighted by Crippen LogP contribution is 2.29. The molecule has 2 aromatic carbocycles. The van der Waals surface area contributed by atoms with Crippen LogP contribution in [0, 0.1) is 6.92 Å². The molecule has 1 unspecified atom stereocenters. The molecule has 1 heterocycles. The lowest BCUT2D eigenvalue weighted by atomic mass is 10.0. The van der Waals surface area contributed by atoms with Crippen molar-refractivity contribution in [1.82, 2.24) is 15.0 Å². The third kappa shape index (κ3) is 2.55. The molecule has 4 nitrogen and oxygen atoms in total. The lowest BCUT2D eigenvalue weighted by Crippen LogP contribution is -2.09. The number of aliphatic hydroxyl groups is 1. The number of aromatic nitrogens is 3. The van der Waals surface area contributed by atoms with E-state index >= 15 is 0 Å². The van der Waals surface area contributed by atoms with E-state index in [0.717, 1.165) is 16.8 Å². The Bertz CT molecular complexity index is 755. The van der Waals surface area contributed by atoms with E-state index in [2.05, 4.69) is 10.3 Å². The van der Waals surface area contributed by atoms with E-state index in [-0.39, 0.29) is 0 Å². The molecule has 0 bridgehead atoms. The molecule has 3 rings (SSSR count). The van der Waals surface area contributed by atoms with Crippen molar-refractivity contribution in [2.24, 2.45) is 0 Å². The Morgan fingerprint density at radius 1 is 1.10 bits per heavy atom. The zero-order valence-corrected chi connectivity index (χ0v) is 12.2. The first-order valence-corrected chi connectivity index (χ1v) is 6.95. The van der Waals surface area contributed by atoms with E-state index in [0.29, 0.717) is 10.7 Å². The maximum Gasteiger partial charge on any atom is 0.123 e. The van der Waals surface area contributed by atoms with Crippen molar-refractivity contribution in [3.05, 3.63) is 76.6 Å². The van der Waals surface area contributed by atoms with Crippen molar-refractivity contribution in [2.45, 2.75) is 13.0 Å². The third-order valence-electron chi connectivity index (χ3n) is 3.46. The summed E-state index contributed by atoms with van der Waals surface area (Å²) < 4.78 is 1.63. The fraction of sp³-hybridized carbons (Fsp3) is 0.125. The largest absolute Gasteiger partial charge is 0.382 e. The second kappa shape index (κ2) is 5.68. The molecule has 106 valence electrons. The number of hydrogen-bond donors (Lipinski definition) is 1. The summed E-state index contributed by atoms with van der Waals surface area (Å²) in [7, 11) is 0. The summed E-state index contributed by atoms with van der Waals surface area (Å²) in [5.41, 5.74) is 3.06. The van der Waals surface area contributed by atoms with Crippen molar-refractivity contribution in [3.8, 4) is 5.69 Å². The van der Waals surface area contributed by atoms with Gasteiger partial charge in [0, 0.05) is 5.02 Å². The summed E-state index contributed by atoms with van der Waals surface area (Å²) in [6, 6.07) is 15.1. The van der Waals surface area contributed by atoms with E-state index in [1.54, 1.807) is 16.9 Å². The maximum absolute atomic E-state index is 10.7. The van der Waals surface area contributed by atoms with Gasteiger partial charge in [0.1, 0.15) is 6.10 Å². The molecule has 0 spiro atoms. The van der Waals surface area contributed by atoms with Crippen molar-refractivity contribution in [1.29, 1.82) is 0 Å². The molecule has 21 heavy (non-hydrogen) atoms. The van der Waals surface area contributed by atoms with Crippen LogP contribution in [-0.4, -0.2) is 20.1 Å². The number of nitrogens with zero attached hydrogens (tertiary/aromatic N) is 3. The minimum absolute atomic E-state index is 0.603. The van der Waals surface area contributed by atoms with Crippen molar-refractivity contribution in [3.63, 3.8) is 0 Å². The van der Waals surface area contributed by atoms with E-state index < -0.39 is 6.10 Å². The van der Waals surface area contributed by atoms with Crippen LogP contribution < -0.4 is 0 Å². The first-order chi connectivity index (χ1) is 10.2. The Hall–Kier alpha value is -2.17. The molecule has 0 aliphatic rings. The molecule has 0 aliphatic carbocycles. The summed E-state index contributed by atoms with van der Waals surface area (Å²) in [5.74, 6) is 0. The first-order valence-electron chi connectivity index (χ1n) is 6.57. The molecule has 1 atom stereocenters. The second-order valence-corrected chi connectivity index (χ2v) is 5.17. The van der Waals surface area contributed by atoms with Gasteiger partial charge in [-0.2, -0.15) is 0 Å². The van der Waals surface area contributed by atoms with Crippen LogP contribution >= 0.6 is 11.6 Å². The average Bonchev–Trinajstić information content (AvgIpc) is 3.00. The zero-order valence-electron chi connectivity index (χ0n) is 11.4. The standard InChI is InChI=1S/C16H14ClN3O/c1-11-13(8-5-9-14(11)17)16(21)15-10-18-19-20(15)12-6-3-2-4-7-12/h2-10,16,21H,1H3. The Balaban J connectivity index is 2.06. The van der Waals surface area contributed by atoms with E-state index in [1.165, 1.54) is 0 Å². The second-order valence-electron chi connectivity index (χ2n) is 4.76. The van der Waals surface area contributed by atoms with Gasteiger partial charge in [-0.1, -0.05) is 47.1 Å². The van der Waals surface area contributed by atoms with Crippen LogP contribution in [-0.2, 0) is 0 Å². The van der Waals surface area contributed by atoms with Gasteiger partial charge in [0.15, 0.2) is 0 Å². The summed E-state index contributed by atoms with van der Waals surface area (Å²) in [4.78, 5) is 0. The van der Waals surface area contributed by atoms with Gasteiger partial charge < -0.3 is 5.11 Å². The van der Waals surface area contributed by atoms with Crippen LogP contribution in [0.15, 0.2) is 54.7 Å². The Labute approximate surface area is 127 Å². The van der Waals surface area contributed by atoms with Gasteiger partial charge in [0.2, 0.25) is 0 Å².